The van der Waals surface area contributed by atoms with Crippen LogP contribution >= 0.6 is 11.6 Å². The number of hydrogen-bond donors (Lipinski definition) is 2. The van der Waals surface area contributed by atoms with Crippen LogP contribution in [-0.2, 0) is 0 Å². The van der Waals surface area contributed by atoms with Crippen molar-refractivity contribution in [2.45, 2.75) is 5.92 Å². The van der Waals surface area contributed by atoms with Crippen LogP contribution in [-0.4, -0.2) is 10.2 Å². The number of nitrogens with zero attached hydrogens (tertiary/aromatic N) is 2. The van der Waals surface area contributed by atoms with Gasteiger partial charge >= 0.3 is 0 Å². The molecule has 0 bridgehead atoms. The van der Waals surface area contributed by atoms with Crippen LogP contribution in [0.3, 0.4) is 0 Å². The minimum absolute atomic E-state index is 0.224. The van der Waals surface area contributed by atoms with Gasteiger partial charge in [0.15, 0.2) is 0 Å². The van der Waals surface area contributed by atoms with Crippen LogP contribution in [0.5, 0.6) is 0 Å². The van der Waals surface area contributed by atoms with Gasteiger partial charge in [-0.2, -0.15) is 10.4 Å². The maximum atomic E-state index is 9.74. The zero-order valence-corrected chi connectivity index (χ0v) is 12.2. The lowest BCUT2D eigenvalue weighted by molar-refractivity contribution is 0.944. The highest BCUT2D eigenvalue weighted by Crippen LogP contribution is 2.44. The number of benzene rings is 1. The summed E-state index contributed by atoms with van der Waals surface area (Å²) >= 11 is 6.38. The topological polar surface area (TPSA) is 64.5 Å². The van der Waals surface area contributed by atoms with Gasteiger partial charge in [0.2, 0.25) is 0 Å². The fraction of sp³-hybridized carbons (Fsp3) is 0.0588. The van der Waals surface area contributed by atoms with Crippen LogP contribution in [0.1, 0.15) is 17.0 Å². The third-order valence-corrected chi connectivity index (χ3v) is 4.31. The van der Waals surface area contributed by atoms with Crippen molar-refractivity contribution in [1.82, 2.24) is 10.2 Å². The molecule has 2 aromatic rings. The van der Waals surface area contributed by atoms with E-state index in [-0.39, 0.29) is 5.92 Å². The molecule has 0 amide bonds. The third kappa shape index (κ3) is 1.80. The van der Waals surface area contributed by atoms with Gasteiger partial charge < -0.3 is 5.32 Å². The Morgan fingerprint density at radius 2 is 2.05 bits per heavy atom. The van der Waals surface area contributed by atoms with Gasteiger partial charge in [-0.05, 0) is 17.2 Å². The van der Waals surface area contributed by atoms with E-state index in [2.05, 4.69) is 21.6 Å². The molecule has 0 saturated carbocycles. The second-order valence-corrected chi connectivity index (χ2v) is 5.57. The Labute approximate surface area is 132 Å². The standard InChI is InChI=1S/C17H11ClN4/c18-14-7-2-1-6-11(14)15-12(8-19)16(10-4-3-5-10)21-17-13(15)9-20-22-17/h1-7,9,15H,(H2,20,21,22). The number of allylic oxidation sites excluding steroid dienone is 4. The predicted octanol–water partition coefficient (Wildman–Crippen LogP) is 3.89. The van der Waals surface area contributed by atoms with E-state index in [1.165, 1.54) is 0 Å². The van der Waals surface area contributed by atoms with Crippen LogP contribution in [0.15, 0.2) is 65.5 Å². The molecule has 4 rings (SSSR count). The summed E-state index contributed by atoms with van der Waals surface area (Å²) in [5.41, 5.74) is 4.31. The molecule has 5 heteroatoms. The zero-order valence-electron chi connectivity index (χ0n) is 11.5. The molecule has 1 unspecified atom stereocenters. The van der Waals surface area contributed by atoms with Crippen LogP contribution in [0.2, 0.25) is 5.02 Å². The number of hydrogen-bond acceptors (Lipinski definition) is 3. The van der Waals surface area contributed by atoms with E-state index in [4.69, 9.17) is 11.6 Å². The lowest BCUT2D eigenvalue weighted by Gasteiger charge is -2.28. The zero-order chi connectivity index (χ0) is 15.1. The molecular weight excluding hydrogens is 296 g/mol. The Morgan fingerprint density at radius 1 is 1.23 bits per heavy atom. The number of fused-ring (bicyclic) bond motifs is 1. The van der Waals surface area contributed by atoms with Crippen molar-refractivity contribution in [1.29, 1.82) is 5.26 Å². The molecule has 2 heterocycles. The van der Waals surface area contributed by atoms with E-state index in [0.29, 0.717) is 10.6 Å². The molecule has 1 atom stereocenters. The molecule has 0 spiro atoms. The average molecular weight is 307 g/mol. The van der Waals surface area contributed by atoms with Crippen molar-refractivity contribution < 1.29 is 0 Å². The fourth-order valence-electron chi connectivity index (χ4n) is 2.85. The van der Waals surface area contributed by atoms with Gasteiger partial charge in [0.25, 0.3) is 0 Å². The van der Waals surface area contributed by atoms with Gasteiger partial charge in [-0.1, -0.05) is 48.0 Å². The minimum atomic E-state index is -0.224. The van der Waals surface area contributed by atoms with Crippen molar-refractivity contribution in [3.05, 3.63) is 81.7 Å². The molecule has 1 aliphatic heterocycles. The molecule has 1 aromatic heterocycles. The summed E-state index contributed by atoms with van der Waals surface area (Å²) in [7, 11) is 0. The van der Waals surface area contributed by atoms with Gasteiger partial charge in [0.1, 0.15) is 5.82 Å². The van der Waals surface area contributed by atoms with Gasteiger partial charge in [-0.3, -0.25) is 5.10 Å². The number of aromatic amines is 1. The molecule has 1 aromatic carbocycles. The first-order valence-corrected chi connectivity index (χ1v) is 7.25. The van der Waals surface area contributed by atoms with Crippen LogP contribution in [0, 0.1) is 11.3 Å². The summed E-state index contributed by atoms with van der Waals surface area (Å²) in [5.74, 6) is 0.582. The number of aromatic nitrogens is 2. The molecular formula is C17H11ClN4. The van der Waals surface area contributed by atoms with E-state index >= 15 is 0 Å². The summed E-state index contributed by atoms with van der Waals surface area (Å²) < 4.78 is 0. The maximum absolute atomic E-state index is 9.74. The summed E-state index contributed by atoms with van der Waals surface area (Å²) in [6.07, 6.45) is 7.65. The van der Waals surface area contributed by atoms with Crippen molar-refractivity contribution in [3.63, 3.8) is 0 Å². The van der Waals surface area contributed by atoms with Gasteiger partial charge in [0, 0.05) is 10.6 Å². The van der Waals surface area contributed by atoms with Crippen molar-refractivity contribution in [2.24, 2.45) is 0 Å². The maximum Gasteiger partial charge on any atom is 0.130 e. The highest BCUT2D eigenvalue weighted by molar-refractivity contribution is 6.31. The van der Waals surface area contributed by atoms with Crippen molar-refractivity contribution in [3.8, 4) is 6.07 Å². The second-order valence-electron chi connectivity index (χ2n) is 5.16. The Balaban J connectivity index is 1.96. The quantitative estimate of drug-likeness (QED) is 0.884. The van der Waals surface area contributed by atoms with Crippen molar-refractivity contribution in [2.75, 3.05) is 5.32 Å². The number of rotatable bonds is 2. The number of H-pyrrole nitrogens is 1. The first-order chi connectivity index (χ1) is 10.8. The van der Waals surface area contributed by atoms with E-state index in [9.17, 15) is 5.26 Å². The SMILES string of the molecule is N#CC1=C(C2=CC=C2)Nc2[nH]ncc2C1c1ccccc1Cl. The molecule has 2 N–H and O–H groups in total. The Morgan fingerprint density at radius 3 is 2.73 bits per heavy atom. The third-order valence-electron chi connectivity index (χ3n) is 3.96. The Kier molecular flexibility index (Phi) is 2.88. The average Bonchev–Trinajstić information content (AvgIpc) is 2.93. The van der Waals surface area contributed by atoms with E-state index < -0.39 is 0 Å². The van der Waals surface area contributed by atoms with Crippen LogP contribution in [0.4, 0.5) is 5.82 Å². The number of nitrogens with one attached hydrogen (secondary N) is 2. The van der Waals surface area contributed by atoms with E-state index in [1.54, 1.807) is 6.20 Å². The fourth-order valence-corrected chi connectivity index (χ4v) is 3.09. The molecule has 0 saturated heterocycles. The second kappa shape index (κ2) is 4.90. The summed E-state index contributed by atoms with van der Waals surface area (Å²) in [6.45, 7) is 0. The van der Waals surface area contributed by atoms with Crippen molar-refractivity contribution >= 4 is 17.4 Å². The normalized spacial score (nSPS) is 18.9. The first kappa shape index (κ1) is 12.9. The summed E-state index contributed by atoms with van der Waals surface area (Å²) in [6, 6.07) is 9.96. The van der Waals surface area contributed by atoms with Gasteiger partial charge in [-0.15, -0.1) is 0 Å². The lowest BCUT2D eigenvalue weighted by Crippen LogP contribution is -2.19. The largest absolute Gasteiger partial charge is 0.339 e. The number of halogens is 1. The molecule has 106 valence electrons. The van der Waals surface area contributed by atoms with Crippen LogP contribution in [0.25, 0.3) is 0 Å². The minimum Gasteiger partial charge on any atom is -0.339 e. The first-order valence-electron chi connectivity index (χ1n) is 6.87. The number of nitriles is 1. The highest BCUT2D eigenvalue weighted by Gasteiger charge is 2.33. The monoisotopic (exact) mass is 306 g/mol. The van der Waals surface area contributed by atoms with E-state index in [1.807, 2.05) is 42.5 Å². The molecule has 22 heavy (non-hydrogen) atoms. The predicted molar refractivity (Wildman–Crippen MR) is 85.4 cm³/mol. The molecule has 2 aliphatic rings. The van der Waals surface area contributed by atoms with Gasteiger partial charge in [0.05, 0.1) is 29.5 Å². The Hall–Kier alpha value is -2.77. The highest BCUT2D eigenvalue weighted by atomic mass is 35.5. The molecule has 0 radical (unpaired) electrons. The lowest BCUT2D eigenvalue weighted by atomic mass is 9.81. The van der Waals surface area contributed by atoms with Crippen LogP contribution < -0.4 is 5.32 Å². The molecule has 0 fully saturated rings. The number of anilines is 1. The smallest absolute Gasteiger partial charge is 0.130 e. The summed E-state index contributed by atoms with van der Waals surface area (Å²) in [5, 5.41) is 20.7. The molecule has 1 aliphatic carbocycles. The van der Waals surface area contributed by atoms with E-state index in [0.717, 1.165) is 28.2 Å². The Bertz CT molecular complexity index is 895. The summed E-state index contributed by atoms with van der Waals surface area (Å²) in [4.78, 5) is 0. The molecule has 4 nitrogen and oxygen atoms in total. The van der Waals surface area contributed by atoms with Gasteiger partial charge in [-0.25, -0.2) is 0 Å².